The van der Waals surface area contributed by atoms with Gasteiger partial charge in [-0.15, -0.1) is 0 Å². The molecule has 0 aromatic rings. The minimum atomic E-state index is -0.466. The molecule has 1 amide bonds. The Morgan fingerprint density at radius 2 is 1.86 bits per heavy atom. The first kappa shape index (κ1) is 18.9. The lowest BCUT2D eigenvalue weighted by molar-refractivity contribution is -0.00435. The molecule has 0 saturated carbocycles. The predicted octanol–water partition coefficient (Wildman–Crippen LogP) is 2.09. The van der Waals surface area contributed by atoms with E-state index in [0.29, 0.717) is 39.5 Å². The van der Waals surface area contributed by atoms with Gasteiger partial charge < -0.3 is 23.8 Å². The van der Waals surface area contributed by atoms with Crippen molar-refractivity contribution in [2.24, 2.45) is 0 Å². The monoisotopic (exact) mass is 415 g/mol. The number of alkyl halides is 1. The Balaban J connectivity index is 2.24. The number of carbonyl (C=O) groups excluding carboxylic acids is 1. The van der Waals surface area contributed by atoms with E-state index in [-0.39, 0.29) is 16.1 Å². The standard InChI is InChI=1S/C14H26INO5/c1-14(2,3)21-13(17)16-9-11(15)12(10-16)20-8-7-19-6-5-18-4/h11-12H,5-10H2,1-4H3. The largest absolute Gasteiger partial charge is 0.444 e. The fourth-order valence-electron chi connectivity index (χ4n) is 1.87. The first-order valence-corrected chi connectivity index (χ1v) is 8.38. The predicted molar refractivity (Wildman–Crippen MR) is 88.1 cm³/mol. The van der Waals surface area contributed by atoms with E-state index in [9.17, 15) is 4.79 Å². The topological polar surface area (TPSA) is 57.2 Å². The number of methoxy groups -OCH3 is 1. The summed E-state index contributed by atoms with van der Waals surface area (Å²) in [5, 5.41) is 0. The average molecular weight is 415 g/mol. The van der Waals surface area contributed by atoms with Crippen LogP contribution in [0, 0.1) is 0 Å². The molecule has 1 aliphatic rings. The van der Waals surface area contributed by atoms with Crippen LogP contribution >= 0.6 is 22.6 Å². The molecule has 0 radical (unpaired) electrons. The fraction of sp³-hybridized carbons (Fsp3) is 0.929. The molecule has 1 rings (SSSR count). The molecule has 0 aromatic carbocycles. The lowest BCUT2D eigenvalue weighted by Gasteiger charge is -2.24. The summed E-state index contributed by atoms with van der Waals surface area (Å²) in [6.07, 6.45) is -0.240. The van der Waals surface area contributed by atoms with Crippen LogP contribution in [0.5, 0.6) is 0 Å². The minimum absolute atomic E-state index is 0.0316. The van der Waals surface area contributed by atoms with Crippen molar-refractivity contribution in [3.63, 3.8) is 0 Å². The zero-order valence-electron chi connectivity index (χ0n) is 13.3. The summed E-state index contributed by atoms with van der Waals surface area (Å²) in [6, 6.07) is 0. The molecule has 2 atom stereocenters. The third-order valence-corrected chi connectivity index (χ3v) is 4.04. The zero-order valence-corrected chi connectivity index (χ0v) is 15.4. The number of nitrogens with zero attached hydrogens (tertiary/aromatic N) is 1. The minimum Gasteiger partial charge on any atom is -0.444 e. The first-order chi connectivity index (χ1) is 9.83. The maximum Gasteiger partial charge on any atom is 0.410 e. The van der Waals surface area contributed by atoms with Crippen LogP contribution < -0.4 is 0 Å². The van der Waals surface area contributed by atoms with Gasteiger partial charge in [-0.3, -0.25) is 0 Å². The van der Waals surface area contributed by atoms with Crippen molar-refractivity contribution >= 4 is 28.7 Å². The number of halogens is 1. The zero-order chi connectivity index (χ0) is 15.9. The molecule has 6 nitrogen and oxygen atoms in total. The van der Waals surface area contributed by atoms with E-state index in [1.54, 1.807) is 12.0 Å². The Kier molecular flexibility index (Phi) is 8.22. The Bertz CT molecular complexity index is 321. The maximum atomic E-state index is 12.0. The Labute approximate surface area is 140 Å². The molecule has 1 heterocycles. The normalized spacial score (nSPS) is 22.6. The Morgan fingerprint density at radius 3 is 2.48 bits per heavy atom. The van der Waals surface area contributed by atoms with Crippen LogP contribution in [0.15, 0.2) is 0 Å². The number of hydrogen-bond acceptors (Lipinski definition) is 5. The summed E-state index contributed by atoms with van der Waals surface area (Å²) in [7, 11) is 1.64. The molecule has 0 bridgehead atoms. The molecule has 0 N–H and O–H groups in total. The van der Waals surface area contributed by atoms with Crippen molar-refractivity contribution in [3.8, 4) is 0 Å². The van der Waals surface area contributed by atoms with Crippen LogP contribution in [-0.4, -0.2) is 73.2 Å². The summed E-state index contributed by atoms with van der Waals surface area (Å²) in [6.45, 7) is 9.06. The second kappa shape index (κ2) is 9.12. The van der Waals surface area contributed by atoms with Gasteiger partial charge in [-0.1, -0.05) is 22.6 Å². The van der Waals surface area contributed by atoms with E-state index in [4.69, 9.17) is 18.9 Å². The molecule has 0 spiro atoms. The van der Waals surface area contributed by atoms with E-state index >= 15 is 0 Å². The van der Waals surface area contributed by atoms with Crippen molar-refractivity contribution in [1.82, 2.24) is 4.90 Å². The lowest BCUT2D eigenvalue weighted by Crippen LogP contribution is -2.36. The molecule has 0 aliphatic carbocycles. The molecular formula is C14H26INO5. The molecular weight excluding hydrogens is 389 g/mol. The van der Waals surface area contributed by atoms with Gasteiger partial charge in [0.05, 0.1) is 43.0 Å². The highest BCUT2D eigenvalue weighted by Gasteiger charge is 2.36. The molecule has 21 heavy (non-hydrogen) atoms. The Hall–Kier alpha value is -0.120. The summed E-state index contributed by atoms with van der Waals surface area (Å²) in [5.41, 5.74) is -0.466. The lowest BCUT2D eigenvalue weighted by atomic mass is 10.2. The summed E-state index contributed by atoms with van der Waals surface area (Å²) in [4.78, 5) is 13.7. The number of hydrogen-bond donors (Lipinski definition) is 0. The highest BCUT2D eigenvalue weighted by Crippen LogP contribution is 2.23. The van der Waals surface area contributed by atoms with Crippen LogP contribution in [0.3, 0.4) is 0 Å². The van der Waals surface area contributed by atoms with E-state index in [1.807, 2.05) is 20.8 Å². The first-order valence-electron chi connectivity index (χ1n) is 7.14. The van der Waals surface area contributed by atoms with E-state index < -0.39 is 5.60 Å². The molecule has 1 aliphatic heterocycles. The van der Waals surface area contributed by atoms with Crippen LogP contribution in [0.25, 0.3) is 0 Å². The van der Waals surface area contributed by atoms with Gasteiger partial charge in [0.2, 0.25) is 0 Å². The molecule has 124 valence electrons. The third-order valence-electron chi connectivity index (χ3n) is 2.84. The highest BCUT2D eigenvalue weighted by atomic mass is 127. The van der Waals surface area contributed by atoms with Crippen molar-refractivity contribution in [3.05, 3.63) is 0 Å². The van der Waals surface area contributed by atoms with Gasteiger partial charge in [-0.05, 0) is 20.8 Å². The number of carbonyl (C=O) groups is 1. The quantitative estimate of drug-likeness (QED) is 0.362. The van der Waals surface area contributed by atoms with Gasteiger partial charge >= 0.3 is 6.09 Å². The smallest absolute Gasteiger partial charge is 0.410 e. The SMILES string of the molecule is COCCOCCOC1CN(C(=O)OC(C)(C)C)CC1I. The Morgan fingerprint density at radius 1 is 1.19 bits per heavy atom. The van der Waals surface area contributed by atoms with E-state index in [0.717, 1.165) is 0 Å². The summed E-state index contributed by atoms with van der Waals surface area (Å²) < 4.78 is 21.7. The second-order valence-electron chi connectivity index (χ2n) is 5.92. The second-order valence-corrected chi connectivity index (χ2v) is 7.52. The summed E-state index contributed by atoms with van der Waals surface area (Å²) >= 11 is 2.32. The molecule has 7 heteroatoms. The van der Waals surface area contributed by atoms with Crippen molar-refractivity contribution in [1.29, 1.82) is 0 Å². The molecule has 2 unspecified atom stereocenters. The number of rotatable bonds is 7. The number of ether oxygens (including phenoxy) is 4. The van der Waals surface area contributed by atoms with Crippen LogP contribution in [0.4, 0.5) is 4.79 Å². The van der Waals surface area contributed by atoms with Gasteiger partial charge in [0.1, 0.15) is 5.60 Å². The fourth-order valence-corrected chi connectivity index (χ4v) is 2.78. The van der Waals surface area contributed by atoms with Gasteiger partial charge in [-0.25, -0.2) is 4.79 Å². The van der Waals surface area contributed by atoms with E-state index in [2.05, 4.69) is 22.6 Å². The highest BCUT2D eigenvalue weighted by molar-refractivity contribution is 14.1. The van der Waals surface area contributed by atoms with Crippen molar-refractivity contribution < 1.29 is 23.7 Å². The number of amides is 1. The van der Waals surface area contributed by atoms with Crippen LogP contribution in [0.1, 0.15) is 20.8 Å². The van der Waals surface area contributed by atoms with Crippen molar-refractivity contribution in [2.45, 2.75) is 36.4 Å². The average Bonchev–Trinajstić information content (AvgIpc) is 2.73. The van der Waals surface area contributed by atoms with Gasteiger partial charge in [-0.2, -0.15) is 0 Å². The van der Waals surface area contributed by atoms with Crippen LogP contribution in [0.2, 0.25) is 0 Å². The van der Waals surface area contributed by atoms with Crippen molar-refractivity contribution in [2.75, 3.05) is 46.6 Å². The van der Waals surface area contributed by atoms with Crippen LogP contribution in [-0.2, 0) is 18.9 Å². The number of likely N-dealkylation sites (tertiary alicyclic amines) is 1. The molecule has 1 saturated heterocycles. The molecule has 0 aromatic heterocycles. The maximum absolute atomic E-state index is 12.0. The summed E-state index contributed by atoms with van der Waals surface area (Å²) in [5.74, 6) is 0. The molecule has 1 fully saturated rings. The van der Waals surface area contributed by atoms with E-state index in [1.165, 1.54) is 0 Å². The van der Waals surface area contributed by atoms with Gasteiger partial charge in [0.15, 0.2) is 0 Å². The van der Waals surface area contributed by atoms with Gasteiger partial charge in [0.25, 0.3) is 0 Å². The van der Waals surface area contributed by atoms with Gasteiger partial charge in [0, 0.05) is 13.7 Å². The third kappa shape index (κ3) is 7.62.